The van der Waals surface area contributed by atoms with E-state index in [4.69, 9.17) is 11.6 Å². The molecule has 0 bridgehead atoms. The Labute approximate surface area is 193 Å². The maximum Gasteiger partial charge on any atom is 0.274 e. The fraction of sp³-hybridized carbons (Fsp3) is 0.217. The van der Waals surface area contributed by atoms with Gasteiger partial charge in [-0.1, -0.05) is 11.6 Å². The fourth-order valence-electron chi connectivity index (χ4n) is 3.67. The zero-order chi connectivity index (χ0) is 23.1. The summed E-state index contributed by atoms with van der Waals surface area (Å²) in [5.74, 6) is -0.600. The van der Waals surface area contributed by atoms with Crippen molar-refractivity contribution in [3.8, 4) is 0 Å². The third-order valence-electron chi connectivity index (χ3n) is 5.52. The first kappa shape index (κ1) is 21.1. The van der Waals surface area contributed by atoms with Gasteiger partial charge in [-0.05, 0) is 55.2 Å². The number of anilines is 2. The molecule has 0 unspecified atom stereocenters. The minimum Gasteiger partial charge on any atom is -0.321 e. The van der Waals surface area contributed by atoms with Gasteiger partial charge in [0.25, 0.3) is 11.8 Å². The van der Waals surface area contributed by atoms with Crippen LogP contribution in [-0.4, -0.2) is 31.4 Å². The van der Waals surface area contributed by atoms with Crippen LogP contribution in [0.3, 0.4) is 0 Å². The summed E-state index contributed by atoms with van der Waals surface area (Å²) in [6.07, 6.45) is 5.90. The van der Waals surface area contributed by atoms with E-state index in [0.29, 0.717) is 39.5 Å². The van der Waals surface area contributed by atoms with Gasteiger partial charge >= 0.3 is 0 Å². The zero-order valence-electron chi connectivity index (χ0n) is 17.7. The predicted molar refractivity (Wildman–Crippen MR) is 123 cm³/mol. The summed E-state index contributed by atoms with van der Waals surface area (Å²) in [4.78, 5) is 25.6. The predicted octanol–water partition coefficient (Wildman–Crippen LogP) is 4.48. The quantitative estimate of drug-likeness (QED) is 0.438. The molecule has 0 aliphatic heterocycles. The molecule has 10 heteroatoms. The van der Waals surface area contributed by atoms with Gasteiger partial charge in [0.05, 0.1) is 22.4 Å². The molecule has 0 saturated heterocycles. The molecule has 1 aliphatic carbocycles. The molecule has 168 valence electrons. The van der Waals surface area contributed by atoms with Gasteiger partial charge in [0.1, 0.15) is 11.5 Å². The molecule has 33 heavy (non-hydrogen) atoms. The van der Waals surface area contributed by atoms with E-state index in [1.807, 2.05) is 10.9 Å². The molecule has 5 rings (SSSR count). The molecule has 4 aromatic rings. The molecule has 2 heterocycles. The number of carbonyl (C=O) groups excluding carboxylic acids is 2. The number of aryl methyl sites for hydroxylation is 1. The van der Waals surface area contributed by atoms with Crippen LogP contribution >= 0.6 is 11.6 Å². The highest BCUT2D eigenvalue weighted by Gasteiger charge is 2.22. The summed E-state index contributed by atoms with van der Waals surface area (Å²) in [5.41, 5.74) is 2.20. The van der Waals surface area contributed by atoms with Crippen molar-refractivity contribution >= 4 is 45.7 Å². The van der Waals surface area contributed by atoms with Gasteiger partial charge in [0.2, 0.25) is 0 Å². The summed E-state index contributed by atoms with van der Waals surface area (Å²) in [6.45, 7) is 0.866. The lowest BCUT2D eigenvalue weighted by Crippen LogP contribution is -2.16. The van der Waals surface area contributed by atoms with Crippen LogP contribution in [0.25, 0.3) is 10.9 Å². The number of amides is 2. The maximum absolute atomic E-state index is 13.4. The Hall–Kier alpha value is -3.72. The lowest BCUT2D eigenvalue weighted by atomic mass is 10.1. The van der Waals surface area contributed by atoms with Crippen LogP contribution in [0.2, 0.25) is 5.02 Å². The second kappa shape index (κ2) is 8.32. The lowest BCUT2D eigenvalue weighted by molar-refractivity contribution is 0.101. The third-order valence-corrected chi connectivity index (χ3v) is 5.81. The molecular formula is C23H20ClFN6O2. The van der Waals surface area contributed by atoms with Crippen LogP contribution in [-0.2, 0) is 13.6 Å². The van der Waals surface area contributed by atoms with Crippen molar-refractivity contribution in [3.05, 3.63) is 70.9 Å². The molecule has 1 fully saturated rings. The number of nitrogens with one attached hydrogen (secondary N) is 2. The summed E-state index contributed by atoms with van der Waals surface area (Å²) in [5, 5.41) is 14.7. The number of aromatic nitrogens is 4. The van der Waals surface area contributed by atoms with Gasteiger partial charge in [-0.3, -0.25) is 19.0 Å². The molecule has 8 nitrogen and oxygen atoms in total. The molecule has 2 aromatic carbocycles. The average molecular weight is 467 g/mol. The Kier molecular flexibility index (Phi) is 5.33. The van der Waals surface area contributed by atoms with Crippen molar-refractivity contribution < 1.29 is 14.0 Å². The minimum atomic E-state index is -0.568. The van der Waals surface area contributed by atoms with Crippen LogP contribution in [0.4, 0.5) is 15.8 Å². The van der Waals surface area contributed by atoms with E-state index in [9.17, 15) is 14.0 Å². The number of hydrogen-bond acceptors (Lipinski definition) is 4. The molecule has 2 N–H and O–H groups in total. The molecule has 2 aromatic heterocycles. The SMILES string of the molecule is Cn1nc2cc(C(=O)Nc3cnn(CC4CC4)c3)ccc2c1C(=O)Nc1ccc(F)c(Cl)c1. The monoisotopic (exact) mass is 466 g/mol. The van der Waals surface area contributed by atoms with Crippen molar-refractivity contribution in [2.45, 2.75) is 19.4 Å². The van der Waals surface area contributed by atoms with Crippen LogP contribution in [0, 0.1) is 11.7 Å². The Morgan fingerprint density at radius 1 is 1.12 bits per heavy atom. The smallest absolute Gasteiger partial charge is 0.274 e. The second-order valence-corrected chi connectivity index (χ2v) is 8.54. The highest BCUT2D eigenvalue weighted by molar-refractivity contribution is 6.31. The number of hydrogen-bond donors (Lipinski definition) is 2. The Morgan fingerprint density at radius 3 is 2.67 bits per heavy atom. The maximum atomic E-state index is 13.4. The van der Waals surface area contributed by atoms with Gasteiger partial charge in [-0.25, -0.2) is 4.39 Å². The lowest BCUT2D eigenvalue weighted by Gasteiger charge is -2.07. The fourth-order valence-corrected chi connectivity index (χ4v) is 3.85. The van der Waals surface area contributed by atoms with Crippen molar-refractivity contribution in [2.75, 3.05) is 10.6 Å². The molecule has 2 amide bonds. The first-order valence-electron chi connectivity index (χ1n) is 10.4. The Morgan fingerprint density at radius 2 is 1.91 bits per heavy atom. The van der Waals surface area contributed by atoms with Crippen LogP contribution in [0.5, 0.6) is 0 Å². The Balaban J connectivity index is 1.34. The van der Waals surface area contributed by atoms with Gasteiger partial charge in [-0.15, -0.1) is 0 Å². The normalized spacial score (nSPS) is 13.3. The summed E-state index contributed by atoms with van der Waals surface area (Å²) in [6, 6.07) is 8.89. The van der Waals surface area contributed by atoms with Crippen LogP contribution in [0.15, 0.2) is 48.8 Å². The van der Waals surface area contributed by atoms with Gasteiger partial charge in [-0.2, -0.15) is 10.2 Å². The van der Waals surface area contributed by atoms with Gasteiger partial charge in [0.15, 0.2) is 0 Å². The highest BCUT2D eigenvalue weighted by Crippen LogP contribution is 2.30. The minimum absolute atomic E-state index is 0.0867. The molecular weight excluding hydrogens is 447 g/mol. The van der Waals surface area contributed by atoms with Crippen LogP contribution < -0.4 is 10.6 Å². The largest absolute Gasteiger partial charge is 0.321 e. The standard InChI is InChI=1S/C23H20ClFN6O2/c1-30-21(23(33)27-15-5-7-19(25)18(24)9-15)17-6-4-14(8-20(17)29-30)22(32)28-16-10-26-31(12-16)11-13-2-3-13/h4-10,12-13H,2-3,11H2,1H3,(H,27,33)(H,28,32). The van der Waals surface area contributed by atoms with Crippen molar-refractivity contribution in [2.24, 2.45) is 13.0 Å². The first-order chi connectivity index (χ1) is 15.9. The van der Waals surface area contributed by atoms with Crippen molar-refractivity contribution in [1.29, 1.82) is 0 Å². The number of rotatable bonds is 6. The summed E-state index contributed by atoms with van der Waals surface area (Å²) >= 11 is 5.79. The van der Waals surface area contributed by atoms with Crippen molar-refractivity contribution in [1.82, 2.24) is 19.6 Å². The van der Waals surface area contributed by atoms with Gasteiger partial charge in [0, 0.05) is 36.4 Å². The van der Waals surface area contributed by atoms with E-state index in [1.54, 1.807) is 31.4 Å². The topological polar surface area (TPSA) is 93.8 Å². The zero-order valence-corrected chi connectivity index (χ0v) is 18.4. The Bertz CT molecular complexity index is 1390. The van der Waals surface area contributed by atoms with Crippen molar-refractivity contribution in [3.63, 3.8) is 0 Å². The van der Waals surface area contributed by atoms with E-state index in [1.165, 1.54) is 35.7 Å². The third kappa shape index (κ3) is 4.45. The molecule has 0 radical (unpaired) electrons. The summed E-state index contributed by atoms with van der Waals surface area (Å²) in [7, 11) is 1.64. The number of nitrogens with zero attached hydrogens (tertiary/aromatic N) is 4. The highest BCUT2D eigenvalue weighted by atomic mass is 35.5. The molecule has 1 saturated carbocycles. The first-order valence-corrected chi connectivity index (χ1v) is 10.8. The van der Waals surface area contributed by atoms with E-state index in [2.05, 4.69) is 20.8 Å². The number of benzene rings is 2. The van der Waals surface area contributed by atoms with E-state index in [0.717, 1.165) is 6.54 Å². The van der Waals surface area contributed by atoms with E-state index >= 15 is 0 Å². The van der Waals surface area contributed by atoms with Gasteiger partial charge < -0.3 is 10.6 Å². The van der Waals surface area contributed by atoms with E-state index < -0.39 is 11.7 Å². The molecule has 0 atom stereocenters. The van der Waals surface area contributed by atoms with E-state index in [-0.39, 0.29) is 10.9 Å². The second-order valence-electron chi connectivity index (χ2n) is 8.14. The number of carbonyl (C=O) groups is 2. The average Bonchev–Trinajstić information content (AvgIpc) is 3.37. The molecule has 1 aliphatic rings. The summed E-state index contributed by atoms with van der Waals surface area (Å²) < 4.78 is 16.7. The number of fused-ring (bicyclic) bond motifs is 1. The number of halogens is 2. The molecule has 0 spiro atoms. The van der Waals surface area contributed by atoms with Crippen LogP contribution in [0.1, 0.15) is 33.7 Å².